The third-order valence-corrected chi connectivity index (χ3v) is 2.39. The zero-order chi connectivity index (χ0) is 11.5. The summed E-state index contributed by atoms with van der Waals surface area (Å²) in [4.78, 5) is 20.8. The number of unbranched alkanes of at least 4 members (excludes halogenated alkanes) is 4. The molecule has 3 heteroatoms. The van der Waals surface area contributed by atoms with Gasteiger partial charge in [-0.3, -0.25) is 4.79 Å². The summed E-state index contributed by atoms with van der Waals surface area (Å²) in [7, 11) is 0. The van der Waals surface area contributed by atoms with Gasteiger partial charge in [0.15, 0.2) is 0 Å². The fourth-order valence-electron chi connectivity index (χ4n) is 1.53. The topological polar surface area (TPSA) is 43.4 Å². The molecule has 0 saturated heterocycles. The highest BCUT2D eigenvalue weighted by Crippen LogP contribution is 2.11. The minimum atomic E-state index is -0.192. The van der Waals surface area contributed by atoms with Crippen molar-refractivity contribution in [3.05, 3.63) is 0 Å². The van der Waals surface area contributed by atoms with Crippen molar-refractivity contribution in [2.24, 2.45) is 0 Å². The Bertz CT molecular complexity index is 178. The first-order valence-electron chi connectivity index (χ1n) is 5.81. The van der Waals surface area contributed by atoms with Crippen LogP contribution in [0.4, 0.5) is 0 Å². The first kappa shape index (κ1) is 14.1. The maximum absolute atomic E-state index is 10.7. The fourth-order valence-corrected chi connectivity index (χ4v) is 1.53. The highest BCUT2D eigenvalue weighted by Gasteiger charge is 2.08. The van der Waals surface area contributed by atoms with Gasteiger partial charge in [0.05, 0.1) is 0 Å². The molecule has 0 heterocycles. The number of hydrogen-bond donors (Lipinski definition) is 0. The van der Waals surface area contributed by atoms with Crippen LogP contribution in [0.5, 0.6) is 0 Å². The van der Waals surface area contributed by atoms with Crippen molar-refractivity contribution in [1.29, 1.82) is 0 Å². The second-order valence-corrected chi connectivity index (χ2v) is 3.80. The van der Waals surface area contributed by atoms with E-state index in [0.717, 1.165) is 44.8 Å². The van der Waals surface area contributed by atoms with Crippen molar-refractivity contribution < 1.29 is 14.3 Å². The Labute approximate surface area is 92.2 Å². The summed E-state index contributed by atoms with van der Waals surface area (Å²) in [6, 6.07) is 0. The maximum Gasteiger partial charge on any atom is 0.302 e. The lowest BCUT2D eigenvalue weighted by Crippen LogP contribution is -2.14. The van der Waals surface area contributed by atoms with Crippen molar-refractivity contribution in [1.82, 2.24) is 0 Å². The standard InChI is InChI=1S/C12H22O3/c1-3-12(15-11(2)14)9-7-5-4-6-8-10-13/h10,12H,3-9H2,1-2H3. The largest absolute Gasteiger partial charge is 0.463 e. The molecular weight excluding hydrogens is 192 g/mol. The molecule has 88 valence electrons. The second kappa shape index (κ2) is 9.69. The van der Waals surface area contributed by atoms with Crippen LogP contribution in [-0.2, 0) is 14.3 Å². The van der Waals surface area contributed by atoms with Crippen LogP contribution >= 0.6 is 0 Å². The monoisotopic (exact) mass is 214 g/mol. The molecule has 0 N–H and O–H groups in total. The average molecular weight is 214 g/mol. The third kappa shape index (κ3) is 9.44. The highest BCUT2D eigenvalue weighted by atomic mass is 16.5. The van der Waals surface area contributed by atoms with Gasteiger partial charge in [0.2, 0.25) is 0 Å². The number of aldehydes is 1. The summed E-state index contributed by atoms with van der Waals surface area (Å²) in [5.41, 5.74) is 0. The summed E-state index contributed by atoms with van der Waals surface area (Å²) in [5, 5.41) is 0. The van der Waals surface area contributed by atoms with E-state index in [1.807, 2.05) is 6.92 Å². The molecule has 0 amide bonds. The van der Waals surface area contributed by atoms with E-state index < -0.39 is 0 Å². The highest BCUT2D eigenvalue weighted by molar-refractivity contribution is 5.66. The Morgan fingerprint density at radius 2 is 1.93 bits per heavy atom. The molecule has 0 radical (unpaired) electrons. The molecule has 0 rings (SSSR count). The van der Waals surface area contributed by atoms with Crippen molar-refractivity contribution in [2.45, 2.75) is 64.9 Å². The molecular formula is C12H22O3. The minimum Gasteiger partial charge on any atom is -0.463 e. The van der Waals surface area contributed by atoms with Gasteiger partial charge in [0.25, 0.3) is 0 Å². The minimum absolute atomic E-state index is 0.0774. The molecule has 0 aliphatic carbocycles. The van der Waals surface area contributed by atoms with Crippen LogP contribution in [0.25, 0.3) is 0 Å². The van der Waals surface area contributed by atoms with Crippen LogP contribution in [0.2, 0.25) is 0 Å². The Morgan fingerprint density at radius 1 is 1.27 bits per heavy atom. The Balaban J connectivity index is 3.37. The summed E-state index contributed by atoms with van der Waals surface area (Å²) in [6.07, 6.45) is 7.80. The Morgan fingerprint density at radius 3 is 2.47 bits per heavy atom. The molecule has 0 saturated carbocycles. The zero-order valence-corrected chi connectivity index (χ0v) is 9.83. The van der Waals surface area contributed by atoms with Gasteiger partial charge in [-0.2, -0.15) is 0 Å². The van der Waals surface area contributed by atoms with Gasteiger partial charge in [0.1, 0.15) is 12.4 Å². The zero-order valence-electron chi connectivity index (χ0n) is 9.83. The van der Waals surface area contributed by atoms with Crippen LogP contribution in [-0.4, -0.2) is 18.4 Å². The van der Waals surface area contributed by atoms with E-state index in [1.54, 1.807) is 0 Å². The van der Waals surface area contributed by atoms with E-state index in [-0.39, 0.29) is 12.1 Å². The Kier molecular flexibility index (Phi) is 9.13. The summed E-state index contributed by atoms with van der Waals surface area (Å²) >= 11 is 0. The first-order valence-corrected chi connectivity index (χ1v) is 5.81. The van der Waals surface area contributed by atoms with Crippen molar-refractivity contribution in [3.63, 3.8) is 0 Å². The molecule has 1 atom stereocenters. The number of carbonyl (C=O) groups excluding carboxylic acids is 2. The van der Waals surface area contributed by atoms with Gasteiger partial charge in [-0.1, -0.05) is 19.8 Å². The molecule has 0 bridgehead atoms. The summed E-state index contributed by atoms with van der Waals surface area (Å²) in [5.74, 6) is -0.192. The predicted octanol–water partition coefficient (Wildman–Crippen LogP) is 2.87. The van der Waals surface area contributed by atoms with Crippen LogP contribution in [0.15, 0.2) is 0 Å². The predicted molar refractivity (Wildman–Crippen MR) is 59.6 cm³/mol. The molecule has 0 aliphatic rings. The fraction of sp³-hybridized carbons (Fsp3) is 0.833. The number of rotatable bonds is 9. The molecule has 15 heavy (non-hydrogen) atoms. The van der Waals surface area contributed by atoms with Gasteiger partial charge >= 0.3 is 5.97 Å². The van der Waals surface area contributed by atoms with E-state index in [4.69, 9.17) is 4.74 Å². The molecule has 3 nitrogen and oxygen atoms in total. The lowest BCUT2D eigenvalue weighted by atomic mass is 10.1. The first-order chi connectivity index (χ1) is 7.20. The Hall–Kier alpha value is -0.860. The van der Waals surface area contributed by atoms with Crippen LogP contribution in [0.3, 0.4) is 0 Å². The number of hydrogen-bond acceptors (Lipinski definition) is 3. The molecule has 0 spiro atoms. The molecule has 0 aromatic carbocycles. The van der Waals surface area contributed by atoms with Crippen molar-refractivity contribution in [3.8, 4) is 0 Å². The van der Waals surface area contributed by atoms with Crippen LogP contribution in [0, 0.1) is 0 Å². The maximum atomic E-state index is 10.7. The van der Waals surface area contributed by atoms with Gasteiger partial charge in [-0.25, -0.2) is 0 Å². The van der Waals surface area contributed by atoms with Crippen molar-refractivity contribution >= 4 is 12.3 Å². The van der Waals surface area contributed by atoms with Crippen LogP contribution < -0.4 is 0 Å². The molecule has 0 aliphatic heterocycles. The lowest BCUT2D eigenvalue weighted by molar-refractivity contribution is -0.146. The quantitative estimate of drug-likeness (QED) is 0.337. The summed E-state index contributed by atoms with van der Waals surface area (Å²) < 4.78 is 5.13. The number of carbonyl (C=O) groups is 2. The molecule has 0 fully saturated rings. The average Bonchev–Trinajstić information content (AvgIpc) is 2.20. The number of esters is 1. The second-order valence-electron chi connectivity index (χ2n) is 3.80. The molecule has 0 aromatic heterocycles. The van der Waals surface area contributed by atoms with Gasteiger partial charge in [-0.15, -0.1) is 0 Å². The molecule has 0 aromatic rings. The van der Waals surface area contributed by atoms with E-state index in [0.29, 0.717) is 6.42 Å². The van der Waals surface area contributed by atoms with E-state index in [2.05, 4.69) is 0 Å². The molecule has 1 unspecified atom stereocenters. The lowest BCUT2D eigenvalue weighted by Gasteiger charge is -2.14. The normalized spacial score (nSPS) is 12.1. The smallest absolute Gasteiger partial charge is 0.302 e. The van der Waals surface area contributed by atoms with Gasteiger partial charge < -0.3 is 9.53 Å². The van der Waals surface area contributed by atoms with Gasteiger partial charge in [-0.05, 0) is 25.7 Å². The van der Waals surface area contributed by atoms with E-state index in [9.17, 15) is 9.59 Å². The number of ether oxygens (including phenoxy) is 1. The SMILES string of the molecule is CCC(CCCCCCC=O)OC(C)=O. The van der Waals surface area contributed by atoms with Gasteiger partial charge in [0, 0.05) is 13.3 Å². The van der Waals surface area contributed by atoms with E-state index in [1.165, 1.54) is 6.92 Å². The van der Waals surface area contributed by atoms with Crippen molar-refractivity contribution in [2.75, 3.05) is 0 Å². The third-order valence-electron chi connectivity index (χ3n) is 2.39. The summed E-state index contributed by atoms with van der Waals surface area (Å²) in [6.45, 7) is 3.48. The van der Waals surface area contributed by atoms with Crippen LogP contribution in [0.1, 0.15) is 58.8 Å². The van der Waals surface area contributed by atoms with E-state index >= 15 is 0 Å².